The third kappa shape index (κ3) is 4.74. The lowest BCUT2D eigenvalue weighted by Gasteiger charge is -2.31. The normalized spacial score (nSPS) is 19.9. The van der Waals surface area contributed by atoms with E-state index in [0.29, 0.717) is 26.2 Å². The van der Waals surface area contributed by atoms with Crippen LogP contribution in [0, 0.1) is 16.0 Å². The zero-order chi connectivity index (χ0) is 28.1. The van der Waals surface area contributed by atoms with Crippen LogP contribution < -0.4 is 14.5 Å². The summed E-state index contributed by atoms with van der Waals surface area (Å²) in [5.41, 5.74) is 1.59. The Morgan fingerprint density at radius 3 is 2.55 bits per heavy atom. The standard InChI is InChI=1S/C27H17BrClN3O6S2/c28-14-4-9-19(38-12-13-2-1-3-15(29)10-13)18(11-14)20-21-23(39-24-22(20)40-27(35)30-24)26(34)31(25(21)33)16-5-7-17(8-6-16)32(36)37/h1-11,20-21,23H,12H2,(H,30,35)/t20-,21?,23?/m1/s1. The van der Waals surface area contributed by atoms with Gasteiger partial charge in [0.2, 0.25) is 11.8 Å². The van der Waals surface area contributed by atoms with E-state index in [-0.39, 0.29) is 22.9 Å². The summed E-state index contributed by atoms with van der Waals surface area (Å²) in [6, 6.07) is 18.0. The molecule has 1 N–H and O–H groups in total. The predicted octanol–water partition coefficient (Wildman–Crippen LogP) is 6.14. The third-order valence-corrected chi connectivity index (χ3v) is 9.86. The molecule has 2 aliphatic heterocycles. The summed E-state index contributed by atoms with van der Waals surface area (Å²) in [7, 11) is 0. The van der Waals surface area contributed by atoms with Gasteiger partial charge in [-0.2, -0.15) is 0 Å². The van der Waals surface area contributed by atoms with E-state index in [2.05, 4.69) is 20.9 Å². The minimum atomic E-state index is -0.838. The van der Waals surface area contributed by atoms with Crippen molar-refractivity contribution in [2.24, 2.45) is 5.92 Å². The highest BCUT2D eigenvalue weighted by Crippen LogP contribution is 2.54. The summed E-state index contributed by atoms with van der Waals surface area (Å²) in [5, 5.41) is 11.4. The highest BCUT2D eigenvalue weighted by molar-refractivity contribution is 9.10. The second-order valence-corrected chi connectivity index (χ2v) is 12.7. The molecule has 13 heteroatoms. The molecule has 3 aromatic carbocycles. The molecule has 0 saturated carbocycles. The number of nitrogens with zero attached hydrogens (tertiary/aromatic N) is 2. The molecule has 1 fully saturated rings. The van der Waals surface area contributed by atoms with Crippen molar-refractivity contribution in [1.29, 1.82) is 0 Å². The maximum absolute atomic E-state index is 14.0. The number of non-ortho nitro benzene ring substituents is 1. The highest BCUT2D eigenvalue weighted by Gasteiger charge is 2.56. The maximum Gasteiger partial charge on any atom is 0.305 e. The number of fused-ring (bicyclic) bond motifs is 2. The lowest BCUT2D eigenvalue weighted by atomic mass is 9.82. The van der Waals surface area contributed by atoms with Crippen LogP contribution in [0.2, 0.25) is 5.02 Å². The number of nitro benzene ring substituents is 1. The van der Waals surface area contributed by atoms with Crippen LogP contribution in [-0.2, 0) is 16.2 Å². The molecule has 0 spiro atoms. The van der Waals surface area contributed by atoms with E-state index >= 15 is 0 Å². The van der Waals surface area contributed by atoms with Crippen LogP contribution in [0.25, 0.3) is 0 Å². The molecule has 1 aromatic heterocycles. The number of H-pyrrole nitrogens is 1. The van der Waals surface area contributed by atoms with Crippen molar-refractivity contribution >= 4 is 73.8 Å². The second kappa shape index (κ2) is 10.5. The Morgan fingerprint density at radius 2 is 1.82 bits per heavy atom. The molecule has 3 atom stereocenters. The third-order valence-electron chi connectivity index (χ3n) is 6.73. The summed E-state index contributed by atoms with van der Waals surface area (Å²) in [6.45, 7) is 0.211. The number of thiazole rings is 1. The molecule has 9 nitrogen and oxygen atoms in total. The molecule has 4 aromatic rings. The van der Waals surface area contributed by atoms with Gasteiger partial charge in [0.15, 0.2) is 0 Å². The van der Waals surface area contributed by atoms with Gasteiger partial charge in [0.25, 0.3) is 5.69 Å². The number of hydrogen-bond acceptors (Lipinski definition) is 8. The van der Waals surface area contributed by atoms with E-state index in [9.17, 15) is 24.5 Å². The monoisotopic (exact) mass is 657 g/mol. The molecule has 2 aliphatic rings. The van der Waals surface area contributed by atoms with Gasteiger partial charge in [0.05, 0.1) is 21.6 Å². The van der Waals surface area contributed by atoms with Crippen molar-refractivity contribution in [3.8, 4) is 5.75 Å². The van der Waals surface area contributed by atoms with Crippen molar-refractivity contribution in [2.45, 2.75) is 22.8 Å². The van der Waals surface area contributed by atoms with Gasteiger partial charge in [0.1, 0.15) is 17.6 Å². The number of imide groups is 1. The molecule has 0 aliphatic carbocycles. The number of nitrogens with one attached hydrogen (secondary N) is 1. The molecule has 2 amide bonds. The van der Waals surface area contributed by atoms with Crippen LogP contribution in [0.5, 0.6) is 5.75 Å². The van der Waals surface area contributed by atoms with Crippen molar-refractivity contribution in [3.63, 3.8) is 0 Å². The fourth-order valence-corrected chi connectivity index (χ4v) is 8.11. The molecule has 0 radical (unpaired) electrons. The van der Waals surface area contributed by atoms with E-state index in [1.165, 1.54) is 24.3 Å². The summed E-state index contributed by atoms with van der Waals surface area (Å²) in [6.07, 6.45) is 0. The number of anilines is 1. The van der Waals surface area contributed by atoms with Crippen LogP contribution >= 0.6 is 50.6 Å². The average Bonchev–Trinajstić information content (AvgIpc) is 3.42. The highest BCUT2D eigenvalue weighted by atomic mass is 79.9. The first-order valence-electron chi connectivity index (χ1n) is 11.9. The summed E-state index contributed by atoms with van der Waals surface area (Å²) in [4.78, 5) is 54.9. The quantitative estimate of drug-likeness (QED) is 0.150. The van der Waals surface area contributed by atoms with E-state index in [4.69, 9.17) is 16.3 Å². The predicted molar refractivity (Wildman–Crippen MR) is 155 cm³/mol. The number of carbonyl (C=O) groups is 2. The molecule has 0 bridgehead atoms. The summed E-state index contributed by atoms with van der Waals surface area (Å²) < 4.78 is 6.96. The Labute approximate surface area is 248 Å². The van der Waals surface area contributed by atoms with Gasteiger partial charge >= 0.3 is 4.87 Å². The Morgan fingerprint density at radius 1 is 1.05 bits per heavy atom. The molecule has 6 rings (SSSR count). The number of amides is 2. The van der Waals surface area contributed by atoms with Gasteiger partial charge in [0, 0.05) is 38.0 Å². The SMILES string of the molecule is O=C1C2Sc3[nH]c(=O)sc3[C@H](c3cc(Br)ccc3OCc3cccc(Cl)c3)C2C(=O)N1c1ccc([N+](=O)[O-])cc1. The number of aromatic amines is 1. The Balaban J connectivity index is 1.43. The minimum absolute atomic E-state index is 0.150. The fourth-order valence-electron chi connectivity index (χ4n) is 5.01. The van der Waals surface area contributed by atoms with Crippen LogP contribution in [-0.4, -0.2) is 27.0 Å². The van der Waals surface area contributed by atoms with Crippen LogP contribution in [0.4, 0.5) is 11.4 Å². The van der Waals surface area contributed by atoms with Crippen molar-refractivity contribution in [3.05, 3.63) is 112 Å². The largest absolute Gasteiger partial charge is 0.489 e. The number of hydrogen-bond donors (Lipinski definition) is 1. The van der Waals surface area contributed by atoms with Crippen LogP contribution in [0.15, 0.2) is 81.0 Å². The summed E-state index contributed by atoms with van der Waals surface area (Å²) >= 11 is 11.8. The number of aromatic nitrogens is 1. The first-order chi connectivity index (χ1) is 19.2. The summed E-state index contributed by atoms with van der Waals surface area (Å²) in [5.74, 6) is -1.90. The number of carbonyl (C=O) groups excluding carboxylic acids is 2. The number of benzene rings is 3. The van der Waals surface area contributed by atoms with E-state index < -0.39 is 33.8 Å². The smallest absolute Gasteiger partial charge is 0.305 e. The number of nitro groups is 1. The lowest BCUT2D eigenvalue weighted by Crippen LogP contribution is -2.32. The second-order valence-electron chi connectivity index (χ2n) is 9.14. The molecule has 2 unspecified atom stereocenters. The maximum atomic E-state index is 14.0. The molecular formula is C27H17BrClN3O6S2. The minimum Gasteiger partial charge on any atom is -0.489 e. The van der Waals surface area contributed by atoms with E-state index in [0.717, 1.165) is 38.0 Å². The van der Waals surface area contributed by atoms with E-state index in [1.807, 2.05) is 24.3 Å². The number of rotatable bonds is 6. The number of halogens is 2. The van der Waals surface area contributed by atoms with Crippen LogP contribution in [0.3, 0.4) is 0 Å². The van der Waals surface area contributed by atoms with Crippen molar-refractivity contribution < 1.29 is 19.2 Å². The molecule has 3 heterocycles. The van der Waals surface area contributed by atoms with Gasteiger partial charge in [-0.3, -0.25) is 24.5 Å². The zero-order valence-electron chi connectivity index (χ0n) is 20.2. The van der Waals surface area contributed by atoms with Crippen molar-refractivity contribution in [2.75, 3.05) is 4.90 Å². The van der Waals surface area contributed by atoms with Gasteiger partial charge in [-0.15, -0.1) is 0 Å². The molecule has 40 heavy (non-hydrogen) atoms. The molecular weight excluding hydrogens is 642 g/mol. The Hall–Kier alpha value is -3.45. The Kier molecular flexibility index (Phi) is 7.03. The molecule has 1 saturated heterocycles. The van der Waals surface area contributed by atoms with Gasteiger partial charge < -0.3 is 9.72 Å². The fraction of sp³-hybridized carbons (Fsp3) is 0.148. The average molecular weight is 659 g/mol. The van der Waals surface area contributed by atoms with Gasteiger partial charge in [-0.1, -0.05) is 62.8 Å². The lowest BCUT2D eigenvalue weighted by molar-refractivity contribution is -0.384. The van der Waals surface area contributed by atoms with Gasteiger partial charge in [-0.25, -0.2) is 4.90 Å². The first-order valence-corrected chi connectivity index (χ1v) is 14.8. The van der Waals surface area contributed by atoms with Gasteiger partial charge in [-0.05, 0) is 48.0 Å². The van der Waals surface area contributed by atoms with Crippen molar-refractivity contribution in [1.82, 2.24) is 4.98 Å². The Bertz CT molecular complexity index is 1740. The number of thioether (sulfide) groups is 1. The topological polar surface area (TPSA) is 123 Å². The first kappa shape index (κ1) is 26.8. The number of ether oxygens (including phenoxy) is 1. The zero-order valence-corrected chi connectivity index (χ0v) is 24.2. The van der Waals surface area contributed by atoms with Crippen LogP contribution in [0.1, 0.15) is 21.9 Å². The van der Waals surface area contributed by atoms with E-state index in [1.54, 1.807) is 18.2 Å². The molecule has 202 valence electrons.